The summed E-state index contributed by atoms with van der Waals surface area (Å²) in [5.74, 6) is 0. The molecule has 0 atom stereocenters. The van der Waals surface area contributed by atoms with E-state index in [1.54, 1.807) is 0 Å². The Labute approximate surface area is 106 Å². The topological polar surface area (TPSA) is 0 Å². The van der Waals surface area contributed by atoms with E-state index >= 15 is 0 Å². The molecule has 0 aliphatic heterocycles. The van der Waals surface area contributed by atoms with Gasteiger partial charge in [-0.2, -0.15) is 0 Å². The second-order valence-corrected chi connectivity index (χ2v) is 8.80. The van der Waals surface area contributed by atoms with E-state index in [0.29, 0.717) is 29.9 Å². The van der Waals surface area contributed by atoms with Crippen LogP contribution in [-0.4, -0.2) is 29.9 Å². The molecule has 13 heavy (non-hydrogen) atoms. The largest absolute Gasteiger partial charge is 1.00 e. The van der Waals surface area contributed by atoms with E-state index in [4.69, 9.17) is 6.58 Å². The third-order valence-corrected chi connectivity index (χ3v) is 7.32. The molecule has 0 spiro atoms. The number of unbranched alkanes of at least 4 members (excludes halogenated alkanes) is 2. The Morgan fingerprint density at radius 1 is 1.00 bits per heavy atom. The molecule has 0 radical (unpaired) electrons. The van der Waals surface area contributed by atoms with Crippen molar-refractivity contribution >= 4 is 29.9 Å². The summed E-state index contributed by atoms with van der Waals surface area (Å²) >= 11 is 1.31. The van der Waals surface area contributed by atoms with Gasteiger partial charge in [-0.05, 0) is 0 Å². The second kappa shape index (κ2) is 13.3. The Balaban J connectivity index is 0. The standard InChI is InChI=1S/C10H19Se2.Cu/c1-4-6-8-11-10(3)12-9-7-5-2;/h3H,4-9H2,1-2H3;/q-1;+1. The fourth-order valence-corrected chi connectivity index (χ4v) is 6.24. The van der Waals surface area contributed by atoms with Crippen LogP contribution in [0.4, 0.5) is 0 Å². The van der Waals surface area contributed by atoms with Crippen molar-refractivity contribution < 1.29 is 17.1 Å². The Morgan fingerprint density at radius 3 is 1.69 bits per heavy atom. The first-order valence-electron chi connectivity index (χ1n) is 4.69. The molecule has 0 fully saturated rings. The Morgan fingerprint density at radius 2 is 1.38 bits per heavy atom. The van der Waals surface area contributed by atoms with Gasteiger partial charge in [0.1, 0.15) is 0 Å². The Hall–Kier alpha value is 1.30. The zero-order valence-electron chi connectivity index (χ0n) is 8.44. The summed E-state index contributed by atoms with van der Waals surface area (Å²) < 4.78 is 1.34. The van der Waals surface area contributed by atoms with Gasteiger partial charge in [0, 0.05) is 0 Å². The molecule has 0 aromatic heterocycles. The second-order valence-electron chi connectivity index (χ2n) is 2.72. The maximum Gasteiger partial charge on any atom is 1.00 e. The maximum atomic E-state index is 5.93. The molecule has 82 valence electrons. The van der Waals surface area contributed by atoms with Gasteiger partial charge < -0.3 is 0 Å². The molecule has 3 heteroatoms. The van der Waals surface area contributed by atoms with Crippen molar-refractivity contribution in [2.75, 3.05) is 0 Å². The van der Waals surface area contributed by atoms with Gasteiger partial charge in [-0.15, -0.1) is 0 Å². The van der Waals surface area contributed by atoms with E-state index in [1.807, 2.05) is 0 Å². The van der Waals surface area contributed by atoms with E-state index in [1.165, 1.54) is 39.7 Å². The first kappa shape index (κ1) is 16.7. The van der Waals surface area contributed by atoms with Crippen LogP contribution in [0.5, 0.6) is 0 Å². The van der Waals surface area contributed by atoms with Gasteiger partial charge in [0.25, 0.3) is 0 Å². The van der Waals surface area contributed by atoms with E-state index in [0.717, 1.165) is 0 Å². The monoisotopic (exact) mass is 362 g/mol. The predicted molar refractivity (Wildman–Crippen MR) is 58.8 cm³/mol. The first-order chi connectivity index (χ1) is 5.81. The molecule has 0 unspecified atom stereocenters. The van der Waals surface area contributed by atoms with Crippen molar-refractivity contribution in [1.82, 2.24) is 0 Å². The summed E-state index contributed by atoms with van der Waals surface area (Å²) in [6, 6.07) is 0. The Bertz CT molecular complexity index is 103. The van der Waals surface area contributed by atoms with Gasteiger partial charge in [-0.3, -0.25) is 0 Å². The molecule has 0 N–H and O–H groups in total. The van der Waals surface area contributed by atoms with E-state index < -0.39 is 0 Å². The molecule has 0 aromatic rings. The van der Waals surface area contributed by atoms with Crippen LogP contribution in [0.15, 0.2) is 3.37 Å². The zero-order chi connectivity index (χ0) is 9.23. The summed E-state index contributed by atoms with van der Waals surface area (Å²) in [6.07, 6.45) is 5.36. The minimum Gasteiger partial charge on any atom is 1.00 e. The quantitative estimate of drug-likeness (QED) is 0.354. The van der Waals surface area contributed by atoms with Crippen LogP contribution in [-0.2, 0) is 17.1 Å². The van der Waals surface area contributed by atoms with Crippen LogP contribution < -0.4 is 0 Å². The molecule has 0 heterocycles. The molecule has 0 saturated carbocycles. The van der Waals surface area contributed by atoms with E-state index in [2.05, 4.69) is 13.8 Å². The molecule has 0 nitrogen and oxygen atoms in total. The van der Waals surface area contributed by atoms with Crippen LogP contribution in [0.3, 0.4) is 0 Å². The van der Waals surface area contributed by atoms with Gasteiger partial charge in [-0.25, -0.2) is 0 Å². The SMILES string of the molecule is [CH-]=C([Se]CCCC)[Se]CCCC.[Cu+]. The van der Waals surface area contributed by atoms with Crippen LogP contribution in [0.2, 0.25) is 10.6 Å². The van der Waals surface area contributed by atoms with Gasteiger partial charge >= 0.3 is 107 Å². The number of hydrogen-bond acceptors (Lipinski definition) is 0. The third-order valence-electron chi connectivity index (χ3n) is 1.48. The molecule has 0 aliphatic rings. The van der Waals surface area contributed by atoms with E-state index in [-0.39, 0.29) is 17.1 Å². The van der Waals surface area contributed by atoms with Gasteiger partial charge in [-0.1, -0.05) is 0 Å². The maximum absolute atomic E-state index is 5.93. The van der Waals surface area contributed by atoms with Crippen LogP contribution >= 0.6 is 0 Å². The molecule has 0 saturated heterocycles. The smallest absolute Gasteiger partial charge is 1.00 e. The summed E-state index contributed by atoms with van der Waals surface area (Å²) in [5, 5.41) is 2.73. The Kier molecular flexibility index (Phi) is 17.1. The average Bonchev–Trinajstić information content (AvgIpc) is 2.06. The molecule has 0 aliphatic carbocycles. The normalized spacial score (nSPS) is 9.38. The average molecular weight is 361 g/mol. The van der Waals surface area contributed by atoms with Gasteiger partial charge in [0.15, 0.2) is 0 Å². The number of rotatable bonds is 8. The van der Waals surface area contributed by atoms with E-state index in [9.17, 15) is 0 Å². The van der Waals surface area contributed by atoms with Crippen molar-refractivity contribution in [1.29, 1.82) is 0 Å². The molecule has 0 rings (SSSR count). The van der Waals surface area contributed by atoms with Crippen molar-refractivity contribution in [3.63, 3.8) is 0 Å². The molecule has 0 aromatic carbocycles. The summed E-state index contributed by atoms with van der Waals surface area (Å²) in [5.41, 5.74) is 0. The summed E-state index contributed by atoms with van der Waals surface area (Å²) in [6.45, 7) is 10.4. The first-order valence-corrected chi connectivity index (χ1v) is 8.82. The van der Waals surface area contributed by atoms with Gasteiger partial charge in [0.2, 0.25) is 0 Å². The third kappa shape index (κ3) is 13.3. The van der Waals surface area contributed by atoms with Gasteiger partial charge in [0.05, 0.1) is 0 Å². The fourth-order valence-electron chi connectivity index (χ4n) is 0.676. The zero-order valence-corrected chi connectivity index (χ0v) is 12.8. The molecule has 0 amide bonds. The van der Waals surface area contributed by atoms with Crippen molar-refractivity contribution in [3.8, 4) is 0 Å². The fraction of sp³-hybridized carbons (Fsp3) is 0.800. The van der Waals surface area contributed by atoms with Crippen LogP contribution in [0.1, 0.15) is 39.5 Å². The predicted octanol–water partition coefficient (Wildman–Crippen LogP) is 3.10. The van der Waals surface area contributed by atoms with Crippen LogP contribution in [0.25, 0.3) is 0 Å². The summed E-state index contributed by atoms with van der Waals surface area (Å²) in [7, 11) is 0. The summed E-state index contributed by atoms with van der Waals surface area (Å²) in [4.78, 5) is 0. The molecule has 0 bridgehead atoms. The number of hydrogen-bond donors (Lipinski definition) is 0. The van der Waals surface area contributed by atoms with Crippen LogP contribution in [0, 0.1) is 6.58 Å². The molecular weight excluding hydrogens is 342 g/mol. The van der Waals surface area contributed by atoms with Crippen molar-refractivity contribution in [2.45, 2.75) is 50.2 Å². The van der Waals surface area contributed by atoms with Crippen molar-refractivity contribution in [2.24, 2.45) is 0 Å². The van der Waals surface area contributed by atoms with Crippen molar-refractivity contribution in [3.05, 3.63) is 9.95 Å². The molecular formula is C10H19CuSe2. The minimum absolute atomic E-state index is 0. The minimum atomic E-state index is 0.